The van der Waals surface area contributed by atoms with Crippen molar-refractivity contribution in [3.05, 3.63) is 58.4 Å². The number of amides is 1. The fourth-order valence-corrected chi connectivity index (χ4v) is 5.83. The number of hydrogen-bond acceptors (Lipinski definition) is 2. The number of aromatic amines is 1. The van der Waals surface area contributed by atoms with Gasteiger partial charge in [-0.2, -0.15) is 0 Å². The van der Waals surface area contributed by atoms with Crippen LogP contribution in [0.15, 0.2) is 47.3 Å². The van der Waals surface area contributed by atoms with Crippen molar-refractivity contribution in [3.63, 3.8) is 0 Å². The summed E-state index contributed by atoms with van der Waals surface area (Å²) in [6.07, 6.45) is 6.40. The van der Waals surface area contributed by atoms with Gasteiger partial charge in [-0.15, -0.1) is 0 Å². The maximum Gasteiger partial charge on any atom is 0.261 e. The first-order valence-corrected chi connectivity index (χ1v) is 9.77. The van der Waals surface area contributed by atoms with Gasteiger partial charge in [-0.25, -0.2) is 0 Å². The topological polar surface area (TPSA) is 62.0 Å². The molecule has 134 valence electrons. The molecule has 4 nitrogen and oxygen atoms in total. The summed E-state index contributed by atoms with van der Waals surface area (Å²) < 4.78 is 0. The molecule has 0 saturated heterocycles. The zero-order valence-electron chi connectivity index (χ0n) is 14.8. The second-order valence-electron chi connectivity index (χ2n) is 8.41. The number of pyridine rings is 1. The van der Waals surface area contributed by atoms with E-state index in [0.29, 0.717) is 11.8 Å². The second kappa shape index (κ2) is 6.11. The summed E-state index contributed by atoms with van der Waals surface area (Å²) >= 11 is 0. The molecule has 26 heavy (non-hydrogen) atoms. The molecule has 1 aromatic heterocycles. The molecular weight excluding hydrogens is 324 g/mol. The number of H-pyrrole nitrogens is 1. The number of benzene rings is 1. The number of nitrogens with one attached hydrogen (secondary N) is 2. The van der Waals surface area contributed by atoms with E-state index >= 15 is 0 Å². The summed E-state index contributed by atoms with van der Waals surface area (Å²) in [5.41, 5.74) is 1.59. The Labute approximate surface area is 153 Å². The lowest BCUT2D eigenvalue weighted by molar-refractivity contribution is -0.0119. The second-order valence-corrected chi connectivity index (χ2v) is 8.41. The Hall–Kier alpha value is -2.36. The van der Waals surface area contributed by atoms with Crippen LogP contribution in [-0.4, -0.2) is 16.9 Å². The van der Waals surface area contributed by atoms with Crippen molar-refractivity contribution in [2.75, 3.05) is 0 Å². The number of hydrogen-bond donors (Lipinski definition) is 2. The summed E-state index contributed by atoms with van der Waals surface area (Å²) in [5.74, 6) is 2.75. The number of carbonyl (C=O) groups is 1. The Morgan fingerprint density at radius 1 is 0.885 bits per heavy atom. The van der Waals surface area contributed by atoms with Gasteiger partial charge in [0.05, 0.1) is 0 Å². The summed E-state index contributed by atoms with van der Waals surface area (Å²) in [7, 11) is 0. The van der Waals surface area contributed by atoms with Crippen molar-refractivity contribution in [1.29, 1.82) is 0 Å². The SMILES string of the molecule is O=C(NC1C2CC3CC(C2)CC1C3)c1ccc(-c2ccccc2)[nH]c1=O. The van der Waals surface area contributed by atoms with Crippen molar-refractivity contribution in [2.24, 2.45) is 23.7 Å². The molecule has 2 aromatic rings. The Kier molecular flexibility index (Phi) is 3.73. The highest BCUT2D eigenvalue weighted by atomic mass is 16.2. The van der Waals surface area contributed by atoms with Crippen molar-refractivity contribution in [3.8, 4) is 11.3 Å². The highest BCUT2D eigenvalue weighted by molar-refractivity contribution is 5.94. The monoisotopic (exact) mass is 348 g/mol. The van der Waals surface area contributed by atoms with Crippen molar-refractivity contribution < 1.29 is 4.79 Å². The van der Waals surface area contributed by atoms with Crippen LogP contribution in [0.2, 0.25) is 0 Å². The average Bonchev–Trinajstić information content (AvgIpc) is 2.64. The molecule has 4 fully saturated rings. The zero-order valence-corrected chi connectivity index (χ0v) is 14.8. The predicted octanol–water partition coefficient (Wildman–Crippen LogP) is 3.60. The minimum atomic E-state index is -0.312. The van der Waals surface area contributed by atoms with E-state index in [9.17, 15) is 9.59 Å². The van der Waals surface area contributed by atoms with Crippen LogP contribution < -0.4 is 10.9 Å². The lowest BCUT2D eigenvalue weighted by atomic mass is 9.54. The molecule has 1 amide bonds. The molecule has 4 saturated carbocycles. The van der Waals surface area contributed by atoms with Gasteiger partial charge in [0.2, 0.25) is 0 Å². The number of aromatic nitrogens is 1. The summed E-state index contributed by atoms with van der Waals surface area (Å²) in [5, 5.41) is 3.22. The van der Waals surface area contributed by atoms with E-state index in [2.05, 4.69) is 10.3 Å². The van der Waals surface area contributed by atoms with Gasteiger partial charge < -0.3 is 10.3 Å². The molecule has 4 bridgehead atoms. The highest BCUT2D eigenvalue weighted by Crippen LogP contribution is 2.53. The first-order chi connectivity index (χ1) is 12.7. The third-order valence-corrected chi connectivity index (χ3v) is 6.76. The normalized spacial score (nSPS) is 31.8. The smallest absolute Gasteiger partial charge is 0.261 e. The first-order valence-electron chi connectivity index (χ1n) is 9.77. The average molecular weight is 348 g/mol. The minimum absolute atomic E-state index is 0.219. The summed E-state index contributed by atoms with van der Waals surface area (Å²) in [4.78, 5) is 28.1. The van der Waals surface area contributed by atoms with Gasteiger partial charge in [0.1, 0.15) is 5.56 Å². The van der Waals surface area contributed by atoms with Crippen molar-refractivity contribution in [2.45, 2.75) is 38.1 Å². The highest BCUT2D eigenvalue weighted by Gasteiger charge is 2.48. The molecular formula is C22H24N2O2. The van der Waals surface area contributed by atoms with E-state index in [4.69, 9.17) is 0 Å². The van der Waals surface area contributed by atoms with Crippen molar-refractivity contribution in [1.82, 2.24) is 10.3 Å². The van der Waals surface area contributed by atoms with E-state index in [-0.39, 0.29) is 23.1 Å². The van der Waals surface area contributed by atoms with Gasteiger partial charge in [-0.05, 0) is 73.5 Å². The molecule has 4 aliphatic rings. The Balaban J connectivity index is 1.35. The molecule has 4 heteroatoms. The number of rotatable bonds is 3. The Morgan fingerprint density at radius 2 is 1.54 bits per heavy atom. The molecule has 1 heterocycles. The molecule has 0 atom stereocenters. The van der Waals surface area contributed by atoms with Gasteiger partial charge >= 0.3 is 0 Å². The van der Waals surface area contributed by atoms with Crippen LogP contribution >= 0.6 is 0 Å². The van der Waals surface area contributed by atoms with Crippen LogP contribution in [-0.2, 0) is 0 Å². The van der Waals surface area contributed by atoms with Gasteiger partial charge in [0.15, 0.2) is 0 Å². The van der Waals surface area contributed by atoms with E-state index < -0.39 is 0 Å². The van der Waals surface area contributed by atoms with E-state index in [1.807, 2.05) is 36.4 Å². The standard InChI is InChI=1S/C22H24N2O2/c25-21-18(6-7-19(23-21)15-4-2-1-3-5-15)22(26)24-20-16-9-13-8-14(11-16)12-17(20)10-13/h1-7,13-14,16-17,20H,8-12H2,(H,23,25)(H,24,26). The molecule has 2 N–H and O–H groups in total. The maximum atomic E-state index is 12.8. The van der Waals surface area contributed by atoms with Gasteiger partial charge in [-0.3, -0.25) is 9.59 Å². The molecule has 4 aliphatic carbocycles. The molecule has 0 unspecified atom stereocenters. The molecule has 0 spiro atoms. The lowest BCUT2D eigenvalue weighted by Gasteiger charge is -2.54. The fourth-order valence-electron chi connectivity index (χ4n) is 5.83. The largest absolute Gasteiger partial charge is 0.349 e. The van der Waals surface area contributed by atoms with Gasteiger partial charge in [-0.1, -0.05) is 30.3 Å². The molecule has 1 aromatic carbocycles. The van der Waals surface area contributed by atoms with Crippen LogP contribution in [0.1, 0.15) is 42.5 Å². The molecule has 6 rings (SSSR count). The maximum absolute atomic E-state index is 12.8. The third kappa shape index (κ3) is 2.68. The van der Waals surface area contributed by atoms with Crippen molar-refractivity contribution >= 4 is 5.91 Å². The van der Waals surface area contributed by atoms with Crippen LogP contribution in [0.4, 0.5) is 0 Å². The molecule has 0 radical (unpaired) electrons. The quantitative estimate of drug-likeness (QED) is 0.890. The fraction of sp³-hybridized carbons (Fsp3) is 0.455. The predicted molar refractivity (Wildman–Crippen MR) is 101 cm³/mol. The molecule has 0 aliphatic heterocycles. The number of carbonyl (C=O) groups excluding carboxylic acids is 1. The Morgan fingerprint density at radius 3 is 2.15 bits per heavy atom. The van der Waals surface area contributed by atoms with Crippen LogP contribution in [0, 0.1) is 23.7 Å². The van der Waals surface area contributed by atoms with Crippen LogP contribution in [0.5, 0.6) is 0 Å². The minimum Gasteiger partial charge on any atom is -0.349 e. The summed E-state index contributed by atoms with van der Waals surface area (Å²) in [6.45, 7) is 0. The third-order valence-electron chi connectivity index (χ3n) is 6.76. The van der Waals surface area contributed by atoms with Crippen LogP contribution in [0.25, 0.3) is 11.3 Å². The van der Waals surface area contributed by atoms with Crippen LogP contribution in [0.3, 0.4) is 0 Å². The Bertz CT molecular complexity index is 859. The first kappa shape index (κ1) is 15.9. The van der Waals surface area contributed by atoms with Gasteiger partial charge in [0.25, 0.3) is 11.5 Å². The zero-order chi connectivity index (χ0) is 17.7. The van der Waals surface area contributed by atoms with Gasteiger partial charge in [0, 0.05) is 11.7 Å². The summed E-state index contributed by atoms with van der Waals surface area (Å²) in [6, 6.07) is 13.4. The lowest BCUT2D eigenvalue weighted by Crippen LogP contribution is -2.56. The van der Waals surface area contributed by atoms with E-state index in [1.54, 1.807) is 6.07 Å². The van der Waals surface area contributed by atoms with E-state index in [1.165, 1.54) is 32.1 Å². The van der Waals surface area contributed by atoms with E-state index in [0.717, 1.165) is 23.1 Å².